The number of rotatable bonds is 5. The average Bonchev–Trinajstić information content (AvgIpc) is 3.23. The van der Waals surface area contributed by atoms with Crippen LogP contribution in [0.15, 0.2) is 42.0 Å². The summed E-state index contributed by atoms with van der Waals surface area (Å²) >= 11 is 0. The largest absolute Gasteiger partial charge is 0.453 e. The van der Waals surface area contributed by atoms with E-state index in [-0.39, 0.29) is 5.92 Å². The van der Waals surface area contributed by atoms with Gasteiger partial charge in [-0.2, -0.15) is 0 Å². The first-order valence-corrected chi connectivity index (χ1v) is 12.4. The fourth-order valence-corrected chi connectivity index (χ4v) is 4.86. The number of hydrogen-bond acceptors (Lipinski definition) is 3. The smallest absolute Gasteiger partial charge is 0.411 e. The predicted molar refractivity (Wildman–Crippen MR) is 139 cm³/mol. The van der Waals surface area contributed by atoms with Crippen molar-refractivity contribution in [3.05, 3.63) is 75.4 Å². The van der Waals surface area contributed by atoms with Gasteiger partial charge in [-0.25, -0.2) is 4.79 Å². The molecule has 4 nitrogen and oxygen atoms in total. The van der Waals surface area contributed by atoms with Crippen LogP contribution in [0.4, 0.5) is 4.79 Å². The molecule has 182 valence electrons. The summed E-state index contributed by atoms with van der Waals surface area (Å²) in [5, 5.41) is 2.83. The quantitative estimate of drug-likeness (QED) is 0.533. The first kappa shape index (κ1) is 25.7. The Morgan fingerprint density at radius 1 is 0.971 bits per heavy atom. The van der Waals surface area contributed by atoms with E-state index in [2.05, 4.69) is 74.1 Å². The molecule has 2 aromatic rings. The molecule has 0 spiro atoms. The maximum atomic E-state index is 11.8. The highest BCUT2D eigenvalue weighted by Gasteiger charge is 2.26. The molecule has 4 heteroatoms. The van der Waals surface area contributed by atoms with Crippen LogP contribution < -0.4 is 5.32 Å². The van der Waals surface area contributed by atoms with Crippen molar-refractivity contribution in [1.29, 1.82) is 0 Å². The summed E-state index contributed by atoms with van der Waals surface area (Å²) in [6.45, 7) is 12.9. The predicted octanol–water partition coefficient (Wildman–Crippen LogP) is 6.79. The van der Waals surface area contributed by atoms with E-state index in [1.807, 2.05) is 13.8 Å². The molecule has 34 heavy (non-hydrogen) atoms. The lowest BCUT2D eigenvalue weighted by molar-refractivity contribution is 0.0946. The highest BCUT2D eigenvalue weighted by Crippen LogP contribution is 2.32. The van der Waals surface area contributed by atoms with E-state index in [9.17, 15) is 9.59 Å². The molecule has 2 aromatic carbocycles. The van der Waals surface area contributed by atoms with Gasteiger partial charge in [0.05, 0.1) is 12.8 Å². The van der Waals surface area contributed by atoms with Gasteiger partial charge in [0.25, 0.3) is 0 Å². The molecule has 1 amide bonds. The Labute approximate surface area is 204 Å². The van der Waals surface area contributed by atoms with Crippen LogP contribution in [0.5, 0.6) is 0 Å². The number of carbonyl (C=O) groups excluding carboxylic acids is 2. The highest BCUT2D eigenvalue weighted by molar-refractivity contribution is 6.02. The molecule has 2 aliphatic carbocycles. The number of fused-ring (bicyclic) bond motifs is 2. The number of benzene rings is 2. The third kappa shape index (κ3) is 6.16. The minimum absolute atomic E-state index is 0.189. The minimum atomic E-state index is -0.406. The van der Waals surface area contributed by atoms with E-state index in [1.54, 1.807) is 0 Å². The molecule has 0 aliphatic heterocycles. The van der Waals surface area contributed by atoms with Gasteiger partial charge < -0.3 is 4.74 Å². The second kappa shape index (κ2) is 11.0. The number of methoxy groups -OCH3 is 1. The number of alkyl carbamates (subject to hydrolysis) is 1. The van der Waals surface area contributed by atoms with Crippen LogP contribution >= 0.6 is 0 Å². The van der Waals surface area contributed by atoms with Crippen molar-refractivity contribution in [2.24, 2.45) is 17.8 Å². The van der Waals surface area contributed by atoms with Crippen LogP contribution in [0, 0.1) is 17.8 Å². The van der Waals surface area contributed by atoms with Crippen molar-refractivity contribution in [1.82, 2.24) is 5.32 Å². The lowest BCUT2D eigenvalue weighted by atomic mass is 9.98. The molecule has 0 heterocycles. The Morgan fingerprint density at radius 2 is 1.53 bits per heavy atom. The molecule has 1 N–H and O–H groups in total. The zero-order valence-electron chi connectivity index (χ0n) is 21.7. The maximum absolute atomic E-state index is 11.8. The molecular weight excluding hydrogens is 422 g/mol. The summed E-state index contributed by atoms with van der Waals surface area (Å²) in [6.07, 6.45) is 3.54. The highest BCUT2D eigenvalue weighted by atomic mass is 16.5. The number of Topliss-reactive ketones (excluding diaryl/α,β-unsaturated/α-hetero) is 1. The van der Waals surface area contributed by atoms with Gasteiger partial charge in [-0.05, 0) is 84.4 Å². The third-order valence-electron chi connectivity index (χ3n) is 6.44. The van der Waals surface area contributed by atoms with Gasteiger partial charge in [0.2, 0.25) is 0 Å². The maximum Gasteiger partial charge on any atom is 0.411 e. The minimum Gasteiger partial charge on any atom is -0.453 e. The van der Waals surface area contributed by atoms with Gasteiger partial charge in [0.1, 0.15) is 0 Å². The Morgan fingerprint density at radius 3 is 2.09 bits per heavy atom. The van der Waals surface area contributed by atoms with Gasteiger partial charge in [-0.15, -0.1) is 0 Å². The van der Waals surface area contributed by atoms with Gasteiger partial charge in [0, 0.05) is 17.0 Å². The van der Waals surface area contributed by atoms with Gasteiger partial charge in [-0.3, -0.25) is 10.1 Å². The number of nitrogens with one attached hydrogen (secondary N) is 1. The lowest BCUT2D eigenvalue weighted by Gasteiger charge is -2.11. The normalized spacial score (nSPS) is 16.4. The van der Waals surface area contributed by atoms with Crippen LogP contribution in [0.3, 0.4) is 0 Å². The molecule has 4 rings (SSSR count). The van der Waals surface area contributed by atoms with Crippen LogP contribution in [-0.4, -0.2) is 19.0 Å². The summed E-state index contributed by atoms with van der Waals surface area (Å²) in [5.41, 5.74) is 9.33. The fourth-order valence-electron chi connectivity index (χ4n) is 4.86. The third-order valence-corrected chi connectivity index (χ3v) is 6.44. The van der Waals surface area contributed by atoms with E-state index >= 15 is 0 Å². The summed E-state index contributed by atoms with van der Waals surface area (Å²) in [5.74, 6) is 1.79. The lowest BCUT2D eigenvalue weighted by Crippen LogP contribution is -2.21. The number of allylic oxidation sites excluding steroid dienone is 1. The first-order valence-electron chi connectivity index (χ1n) is 12.4. The molecular formula is C30H39NO3. The molecule has 0 aromatic heterocycles. The van der Waals surface area contributed by atoms with E-state index in [0.29, 0.717) is 17.6 Å². The molecule has 2 aliphatic rings. The zero-order chi connectivity index (χ0) is 25.0. The van der Waals surface area contributed by atoms with Crippen LogP contribution in [-0.2, 0) is 30.4 Å². The summed E-state index contributed by atoms with van der Waals surface area (Å²) in [4.78, 5) is 23.3. The van der Waals surface area contributed by atoms with Crippen LogP contribution in [0.1, 0.15) is 79.7 Å². The number of ketones is 1. The average molecular weight is 462 g/mol. The summed E-state index contributed by atoms with van der Waals surface area (Å²) in [6, 6.07) is 13.0. The molecule has 1 atom stereocenters. The van der Waals surface area contributed by atoms with Crippen molar-refractivity contribution in [3.8, 4) is 0 Å². The van der Waals surface area contributed by atoms with Gasteiger partial charge in [-0.1, -0.05) is 58.9 Å². The molecule has 1 unspecified atom stereocenters. The van der Waals surface area contributed by atoms with Gasteiger partial charge >= 0.3 is 6.09 Å². The first-order chi connectivity index (χ1) is 16.1. The second-order valence-corrected chi connectivity index (χ2v) is 10.6. The van der Waals surface area contributed by atoms with E-state index in [1.165, 1.54) is 34.9 Å². The number of amides is 1. The van der Waals surface area contributed by atoms with Crippen molar-refractivity contribution in [2.75, 3.05) is 7.11 Å². The van der Waals surface area contributed by atoms with Crippen LogP contribution in [0.2, 0.25) is 0 Å². The van der Waals surface area contributed by atoms with Gasteiger partial charge in [0.15, 0.2) is 5.78 Å². The van der Waals surface area contributed by atoms with Crippen molar-refractivity contribution in [2.45, 2.75) is 67.2 Å². The van der Waals surface area contributed by atoms with E-state index in [0.717, 1.165) is 42.5 Å². The zero-order valence-corrected chi connectivity index (χ0v) is 21.7. The van der Waals surface area contributed by atoms with Crippen LogP contribution in [0.25, 0.3) is 5.70 Å². The Bertz CT molecular complexity index is 1090. The monoisotopic (exact) mass is 461 g/mol. The SMILES string of the molecule is CC(C)Cc1ccc2c(c1)C(=O)C(C)C2.COC(=O)NC1=C(C)Cc2ccc(CC(C)C)cc21. The molecule has 0 saturated carbocycles. The molecule has 0 radical (unpaired) electrons. The topological polar surface area (TPSA) is 55.4 Å². The molecule has 0 saturated heterocycles. The summed E-state index contributed by atoms with van der Waals surface area (Å²) < 4.78 is 4.69. The van der Waals surface area contributed by atoms with E-state index < -0.39 is 6.09 Å². The fraction of sp³-hybridized carbons (Fsp3) is 0.467. The van der Waals surface area contributed by atoms with Crippen molar-refractivity contribution < 1.29 is 14.3 Å². The number of carbonyl (C=O) groups is 2. The Kier molecular flexibility index (Phi) is 8.35. The molecule has 0 fully saturated rings. The Balaban J connectivity index is 0.000000196. The summed E-state index contributed by atoms with van der Waals surface area (Å²) in [7, 11) is 1.39. The number of hydrogen-bond donors (Lipinski definition) is 1. The number of ether oxygens (including phenoxy) is 1. The van der Waals surface area contributed by atoms with Crippen molar-refractivity contribution in [3.63, 3.8) is 0 Å². The standard InChI is InChI=1S/C16H21NO2.C14H18O/c1-10(2)7-12-5-6-13-8-11(3)15(14(13)9-12)17-16(18)19-4;1-9(2)6-11-4-5-12-7-10(3)14(15)13(12)8-11/h5-6,9-10H,7-8H2,1-4H3,(H,17,18);4-5,8-10H,6-7H2,1-3H3. The Hall–Kier alpha value is -2.88. The molecule has 0 bridgehead atoms. The van der Waals surface area contributed by atoms with E-state index in [4.69, 9.17) is 0 Å². The van der Waals surface area contributed by atoms with Crippen molar-refractivity contribution >= 4 is 17.6 Å². The second-order valence-electron chi connectivity index (χ2n) is 10.6.